The van der Waals surface area contributed by atoms with Crippen LogP contribution in [0.2, 0.25) is 0 Å². The van der Waals surface area contributed by atoms with E-state index in [2.05, 4.69) is 10.1 Å². The van der Waals surface area contributed by atoms with Crippen LogP contribution in [0.4, 0.5) is 14.5 Å². The standard InChI is InChI=1S/C17H15F2NO3S/c1-23-17(22)12-5-2-4-11(8-12)9-24-10-15(21)20-16-13(18)6-3-7-14(16)19/h2-8H,9-10H2,1H3,(H,20,21). The SMILES string of the molecule is COC(=O)c1cccc(CSCC(=O)Nc2c(F)cccc2F)c1. The maximum atomic E-state index is 13.4. The fourth-order valence-electron chi connectivity index (χ4n) is 1.96. The topological polar surface area (TPSA) is 55.4 Å². The molecule has 0 unspecified atom stereocenters. The molecule has 126 valence electrons. The van der Waals surface area contributed by atoms with E-state index in [9.17, 15) is 18.4 Å². The van der Waals surface area contributed by atoms with Crippen LogP contribution in [0.25, 0.3) is 0 Å². The van der Waals surface area contributed by atoms with Gasteiger partial charge in [-0.25, -0.2) is 13.6 Å². The lowest BCUT2D eigenvalue weighted by Gasteiger charge is -2.08. The van der Waals surface area contributed by atoms with Gasteiger partial charge in [0.15, 0.2) is 0 Å². The van der Waals surface area contributed by atoms with E-state index in [4.69, 9.17) is 0 Å². The van der Waals surface area contributed by atoms with Gasteiger partial charge >= 0.3 is 5.97 Å². The number of thioether (sulfide) groups is 1. The molecule has 0 bridgehead atoms. The van der Waals surface area contributed by atoms with Crippen molar-refractivity contribution in [3.05, 3.63) is 65.2 Å². The quantitative estimate of drug-likeness (QED) is 0.808. The van der Waals surface area contributed by atoms with E-state index in [0.717, 1.165) is 17.7 Å². The zero-order chi connectivity index (χ0) is 17.5. The highest BCUT2D eigenvalue weighted by Gasteiger charge is 2.12. The first-order valence-electron chi connectivity index (χ1n) is 7.00. The van der Waals surface area contributed by atoms with Crippen LogP contribution >= 0.6 is 11.8 Å². The van der Waals surface area contributed by atoms with Gasteiger partial charge in [-0.2, -0.15) is 0 Å². The molecule has 0 atom stereocenters. The van der Waals surface area contributed by atoms with Gasteiger partial charge in [0.1, 0.15) is 17.3 Å². The molecule has 2 aromatic carbocycles. The van der Waals surface area contributed by atoms with Crippen LogP contribution in [0, 0.1) is 11.6 Å². The van der Waals surface area contributed by atoms with Gasteiger partial charge in [0.05, 0.1) is 18.4 Å². The molecule has 0 radical (unpaired) electrons. The first-order chi connectivity index (χ1) is 11.5. The Morgan fingerprint density at radius 1 is 1.12 bits per heavy atom. The molecule has 0 aliphatic rings. The van der Waals surface area contributed by atoms with Gasteiger partial charge in [0.25, 0.3) is 0 Å². The van der Waals surface area contributed by atoms with E-state index in [-0.39, 0.29) is 5.75 Å². The second-order valence-corrected chi connectivity index (χ2v) is 5.82. The minimum absolute atomic E-state index is 0.0240. The van der Waals surface area contributed by atoms with Gasteiger partial charge in [-0.05, 0) is 29.8 Å². The number of nitrogens with one attached hydrogen (secondary N) is 1. The molecule has 0 spiro atoms. The first-order valence-corrected chi connectivity index (χ1v) is 8.15. The molecule has 1 N–H and O–H groups in total. The van der Waals surface area contributed by atoms with Crippen LogP contribution in [-0.4, -0.2) is 24.7 Å². The Bertz CT molecular complexity index is 732. The predicted molar refractivity (Wildman–Crippen MR) is 88.9 cm³/mol. The number of halogens is 2. The van der Waals surface area contributed by atoms with E-state index < -0.39 is 29.2 Å². The van der Waals surface area contributed by atoms with Gasteiger partial charge in [0, 0.05) is 5.75 Å². The number of esters is 1. The van der Waals surface area contributed by atoms with Gasteiger partial charge < -0.3 is 10.1 Å². The van der Waals surface area contributed by atoms with Crippen molar-refractivity contribution in [2.24, 2.45) is 0 Å². The lowest BCUT2D eigenvalue weighted by molar-refractivity contribution is -0.113. The summed E-state index contributed by atoms with van der Waals surface area (Å²) in [4.78, 5) is 23.2. The summed E-state index contributed by atoms with van der Waals surface area (Å²) in [5.41, 5.74) is 0.817. The van der Waals surface area contributed by atoms with E-state index in [1.54, 1.807) is 18.2 Å². The number of carbonyl (C=O) groups is 2. The fourth-order valence-corrected chi connectivity index (χ4v) is 2.74. The summed E-state index contributed by atoms with van der Waals surface area (Å²) in [5.74, 6) is -2.09. The monoisotopic (exact) mass is 351 g/mol. The van der Waals surface area contributed by atoms with Gasteiger partial charge in [-0.3, -0.25) is 4.79 Å². The molecule has 24 heavy (non-hydrogen) atoms. The van der Waals surface area contributed by atoms with Gasteiger partial charge in [-0.15, -0.1) is 11.8 Å². The van der Waals surface area contributed by atoms with Crippen molar-refractivity contribution in [3.63, 3.8) is 0 Å². The average molecular weight is 351 g/mol. The molecule has 0 fully saturated rings. The lowest BCUT2D eigenvalue weighted by Crippen LogP contribution is -2.16. The van der Waals surface area contributed by atoms with E-state index in [1.165, 1.54) is 24.9 Å². The Morgan fingerprint density at radius 3 is 2.46 bits per heavy atom. The molecule has 0 saturated heterocycles. The van der Waals surface area contributed by atoms with Crippen LogP contribution in [0.15, 0.2) is 42.5 Å². The highest BCUT2D eigenvalue weighted by atomic mass is 32.2. The lowest BCUT2D eigenvalue weighted by atomic mass is 10.1. The van der Waals surface area contributed by atoms with Gasteiger partial charge in [0.2, 0.25) is 5.91 Å². The van der Waals surface area contributed by atoms with Crippen molar-refractivity contribution in [1.29, 1.82) is 0 Å². The first kappa shape index (κ1) is 17.9. The third kappa shape index (κ3) is 4.79. The van der Waals surface area contributed by atoms with Crippen molar-refractivity contribution in [3.8, 4) is 0 Å². The molecule has 0 aliphatic carbocycles. The van der Waals surface area contributed by atoms with Crippen LogP contribution in [0.3, 0.4) is 0 Å². The number of benzene rings is 2. The third-order valence-electron chi connectivity index (χ3n) is 3.08. The molecule has 0 heterocycles. The summed E-state index contributed by atoms with van der Waals surface area (Å²) < 4.78 is 31.5. The number of para-hydroxylation sites is 1. The molecule has 0 aromatic heterocycles. The van der Waals surface area contributed by atoms with Crippen LogP contribution in [0.1, 0.15) is 15.9 Å². The highest BCUT2D eigenvalue weighted by molar-refractivity contribution is 7.99. The Morgan fingerprint density at radius 2 is 1.79 bits per heavy atom. The summed E-state index contributed by atoms with van der Waals surface area (Å²) >= 11 is 1.26. The van der Waals surface area contributed by atoms with E-state index in [0.29, 0.717) is 11.3 Å². The van der Waals surface area contributed by atoms with Crippen molar-refractivity contribution < 1.29 is 23.1 Å². The number of hydrogen-bond acceptors (Lipinski definition) is 4. The maximum absolute atomic E-state index is 13.4. The minimum Gasteiger partial charge on any atom is -0.465 e. The molecule has 2 aromatic rings. The number of anilines is 1. The van der Waals surface area contributed by atoms with Crippen LogP contribution in [0.5, 0.6) is 0 Å². The molecular weight excluding hydrogens is 336 g/mol. The van der Waals surface area contributed by atoms with Gasteiger partial charge in [-0.1, -0.05) is 18.2 Å². The smallest absolute Gasteiger partial charge is 0.337 e. The van der Waals surface area contributed by atoms with E-state index in [1.807, 2.05) is 6.07 Å². The normalized spacial score (nSPS) is 10.3. The highest BCUT2D eigenvalue weighted by Crippen LogP contribution is 2.19. The van der Waals surface area contributed by atoms with E-state index >= 15 is 0 Å². The van der Waals surface area contributed by atoms with Crippen LogP contribution in [-0.2, 0) is 15.3 Å². The number of methoxy groups -OCH3 is 1. The molecule has 7 heteroatoms. The van der Waals surface area contributed by atoms with Crippen molar-refractivity contribution in [2.45, 2.75) is 5.75 Å². The molecule has 4 nitrogen and oxygen atoms in total. The average Bonchev–Trinajstić information content (AvgIpc) is 2.58. The zero-order valence-electron chi connectivity index (χ0n) is 12.8. The van der Waals surface area contributed by atoms with Crippen molar-refractivity contribution >= 4 is 29.3 Å². The second-order valence-electron chi connectivity index (χ2n) is 4.83. The zero-order valence-corrected chi connectivity index (χ0v) is 13.7. The summed E-state index contributed by atoms with van der Waals surface area (Å²) in [6.45, 7) is 0. The number of amides is 1. The predicted octanol–water partition coefficient (Wildman–Crippen LogP) is 3.62. The second kappa shape index (κ2) is 8.44. The summed E-state index contributed by atoms with van der Waals surface area (Å²) in [6, 6.07) is 10.2. The number of hydrogen-bond donors (Lipinski definition) is 1. The Hall–Kier alpha value is -2.41. The molecule has 0 saturated carbocycles. The fraction of sp³-hybridized carbons (Fsp3) is 0.176. The summed E-state index contributed by atoms with van der Waals surface area (Å²) in [6.07, 6.45) is 0. The molecule has 2 rings (SSSR count). The molecule has 0 aliphatic heterocycles. The Labute approximate surface area is 142 Å². The Balaban J connectivity index is 1.88. The van der Waals surface area contributed by atoms with Crippen molar-refractivity contribution in [2.75, 3.05) is 18.2 Å². The maximum Gasteiger partial charge on any atom is 0.337 e. The Kier molecular flexibility index (Phi) is 6.31. The number of ether oxygens (including phenoxy) is 1. The minimum atomic E-state index is -0.820. The molecule has 1 amide bonds. The largest absolute Gasteiger partial charge is 0.465 e. The number of rotatable bonds is 6. The van der Waals surface area contributed by atoms with Crippen molar-refractivity contribution in [1.82, 2.24) is 0 Å². The van der Waals surface area contributed by atoms with Crippen LogP contribution < -0.4 is 5.32 Å². The molecular formula is C17H15F2NO3S. The summed E-state index contributed by atoms with van der Waals surface area (Å²) in [7, 11) is 1.30. The summed E-state index contributed by atoms with van der Waals surface area (Å²) in [5, 5.41) is 2.22. The third-order valence-corrected chi connectivity index (χ3v) is 4.08. The number of carbonyl (C=O) groups excluding carboxylic acids is 2.